The Morgan fingerprint density at radius 1 is 0.917 bits per heavy atom. The summed E-state index contributed by atoms with van der Waals surface area (Å²) in [5, 5.41) is 5.15. The molecule has 2 heteroatoms. The molecule has 2 aromatic carbocycles. The first-order valence-electron chi connectivity index (χ1n) is 9.15. The van der Waals surface area contributed by atoms with Crippen molar-refractivity contribution >= 4 is 11.0 Å². The summed E-state index contributed by atoms with van der Waals surface area (Å²) in [6, 6.07) is 20.7. The Morgan fingerprint density at radius 3 is 2.58 bits per heavy atom. The lowest BCUT2D eigenvalue weighted by molar-refractivity contribution is 0.211. The van der Waals surface area contributed by atoms with Gasteiger partial charge in [-0.3, -0.25) is 0 Å². The van der Waals surface area contributed by atoms with E-state index in [4.69, 9.17) is 4.42 Å². The van der Waals surface area contributed by atoms with Gasteiger partial charge in [-0.25, -0.2) is 0 Å². The molecule has 0 saturated carbocycles. The summed E-state index contributed by atoms with van der Waals surface area (Å²) in [7, 11) is 0. The Kier molecular flexibility index (Phi) is 3.45. The average molecular weight is 317 g/mol. The molecule has 1 saturated heterocycles. The average Bonchev–Trinajstić information content (AvgIpc) is 2.98. The van der Waals surface area contributed by atoms with Gasteiger partial charge in [-0.2, -0.15) is 0 Å². The van der Waals surface area contributed by atoms with Gasteiger partial charge in [-0.1, -0.05) is 42.5 Å². The Balaban J connectivity index is 1.43. The molecule has 0 radical (unpaired) electrons. The first-order valence-corrected chi connectivity index (χ1v) is 9.15. The number of benzene rings is 2. The second-order valence-electron chi connectivity index (χ2n) is 7.44. The Labute approximate surface area is 142 Å². The lowest BCUT2D eigenvalue weighted by atomic mass is 9.76. The molecule has 1 N–H and O–H groups in total. The van der Waals surface area contributed by atoms with E-state index in [0.717, 1.165) is 17.8 Å². The largest absolute Gasteiger partial charge is 0.461 e. The number of piperidine rings is 1. The summed E-state index contributed by atoms with van der Waals surface area (Å²) in [6.07, 6.45) is 5.99. The maximum Gasteiger partial charge on any atom is 0.134 e. The SMILES string of the molecule is c1ccc2c(c1)C[C@@H]1CC[C@H](C2)[C@H](Cc2cc3ccccc3o2)N1. The van der Waals surface area contributed by atoms with E-state index in [1.54, 1.807) is 11.1 Å². The van der Waals surface area contributed by atoms with Crippen LogP contribution in [0.15, 0.2) is 59.0 Å². The quantitative estimate of drug-likeness (QED) is 0.752. The highest BCUT2D eigenvalue weighted by Gasteiger charge is 2.33. The maximum atomic E-state index is 6.08. The number of rotatable bonds is 2. The molecule has 0 amide bonds. The summed E-state index contributed by atoms with van der Waals surface area (Å²) in [5.41, 5.74) is 4.11. The van der Waals surface area contributed by atoms with Crippen LogP contribution in [0.1, 0.15) is 29.7 Å². The minimum Gasteiger partial charge on any atom is -0.461 e. The predicted molar refractivity (Wildman–Crippen MR) is 97.2 cm³/mol. The van der Waals surface area contributed by atoms with Gasteiger partial charge in [0.05, 0.1) is 0 Å². The fourth-order valence-corrected chi connectivity index (χ4v) is 4.63. The van der Waals surface area contributed by atoms with Crippen LogP contribution in [-0.2, 0) is 19.3 Å². The van der Waals surface area contributed by atoms with E-state index in [-0.39, 0.29) is 0 Å². The third kappa shape index (κ3) is 2.55. The Bertz CT molecular complexity index is 832. The van der Waals surface area contributed by atoms with Gasteiger partial charge in [0.1, 0.15) is 11.3 Å². The standard InChI is InChI=1S/C22H23NO/c1-2-6-16-12-19-10-9-17(11-15(16)5-1)21(23-19)14-20-13-18-7-3-4-8-22(18)24-20/h1-8,13,17,19,21,23H,9-12,14H2/t17-,19+,21+/m1/s1. The van der Waals surface area contributed by atoms with E-state index in [2.05, 4.69) is 53.8 Å². The minimum atomic E-state index is 0.526. The lowest BCUT2D eigenvalue weighted by Gasteiger charge is -2.40. The Morgan fingerprint density at radius 2 is 1.71 bits per heavy atom. The highest BCUT2D eigenvalue weighted by Crippen LogP contribution is 2.32. The first kappa shape index (κ1) is 14.3. The van der Waals surface area contributed by atoms with E-state index < -0.39 is 0 Å². The van der Waals surface area contributed by atoms with Crippen molar-refractivity contribution in [3.8, 4) is 0 Å². The summed E-state index contributed by atoms with van der Waals surface area (Å²) in [6.45, 7) is 0. The fourth-order valence-electron chi connectivity index (χ4n) is 4.63. The fraction of sp³-hybridized carbons (Fsp3) is 0.364. The van der Waals surface area contributed by atoms with Crippen molar-refractivity contribution in [3.05, 3.63) is 71.5 Å². The van der Waals surface area contributed by atoms with Crippen molar-refractivity contribution in [2.75, 3.05) is 0 Å². The van der Waals surface area contributed by atoms with Crippen LogP contribution in [0.3, 0.4) is 0 Å². The molecule has 0 spiro atoms. The predicted octanol–water partition coefficient (Wildman–Crippen LogP) is 4.51. The number of para-hydroxylation sites is 1. The van der Waals surface area contributed by atoms with Crippen molar-refractivity contribution in [3.63, 3.8) is 0 Å². The lowest BCUT2D eigenvalue weighted by Crippen LogP contribution is -2.51. The van der Waals surface area contributed by atoms with E-state index in [0.29, 0.717) is 18.0 Å². The third-order valence-electron chi connectivity index (χ3n) is 5.87. The van der Waals surface area contributed by atoms with Crippen LogP contribution in [0.25, 0.3) is 11.0 Å². The molecule has 1 aliphatic carbocycles. The van der Waals surface area contributed by atoms with Crippen molar-refractivity contribution < 1.29 is 4.42 Å². The van der Waals surface area contributed by atoms with E-state index in [1.807, 2.05) is 6.07 Å². The molecule has 3 aromatic rings. The summed E-state index contributed by atoms with van der Waals surface area (Å²) >= 11 is 0. The molecule has 1 fully saturated rings. The molecule has 0 unspecified atom stereocenters. The first-order chi connectivity index (χ1) is 11.8. The number of hydrogen-bond acceptors (Lipinski definition) is 2. The molecule has 24 heavy (non-hydrogen) atoms. The highest BCUT2D eigenvalue weighted by atomic mass is 16.3. The summed E-state index contributed by atoms with van der Waals surface area (Å²) < 4.78 is 6.08. The molecule has 2 nitrogen and oxygen atoms in total. The molecule has 3 atom stereocenters. The second-order valence-corrected chi connectivity index (χ2v) is 7.44. The number of fused-ring (bicyclic) bond motifs is 3. The molecule has 3 heterocycles. The van der Waals surface area contributed by atoms with Crippen LogP contribution in [0.2, 0.25) is 0 Å². The molecule has 1 aromatic heterocycles. The van der Waals surface area contributed by atoms with E-state index in [9.17, 15) is 0 Å². The van der Waals surface area contributed by atoms with Gasteiger partial charge in [0.15, 0.2) is 0 Å². The highest BCUT2D eigenvalue weighted by molar-refractivity contribution is 5.77. The molecular formula is C22H23NO. The van der Waals surface area contributed by atoms with Gasteiger partial charge in [-0.15, -0.1) is 0 Å². The second kappa shape index (κ2) is 5.78. The van der Waals surface area contributed by atoms with Crippen molar-refractivity contribution in [1.82, 2.24) is 5.32 Å². The number of furan rings is 1. The van der Waals surface area contributed by atoms with Crippen LogP contribution in [0, 0.1) is 5.92 Å². The zero-order chi connectivity index (χ0) is 15.9. The number of hydrogen-bond donors (Lipinski definition) is 1. The van der Waals surface area contributed by atoms with Gasteiger partial charge in [-0.05, 0) is 54.9 Å². The Hall–Kier alpha value is -2.06. The summed E-state index contributed by atoms with van der Waals surface area (Å²) in [5.74, 6) is 1.82. The molecule has 2 aliphatic heterocycles. The molecule has 6 rings (SSSR count). The molecule has 3 aliphatic rings. The van der Waals surface area contributed by atoms with Crippen LogP contribution in [-0.4, -0.2) is 12.1 Å². The van der Waals surface area contributed by atoms with Crippen LogP contribution < -0.4 is 5.32 Å². The maximum absolute atomic E-state index is 6.08. The van der Waals surface area contributed by atoms with Gasteiger partial charge in [0.25, 0.3) is 0 Å². The van der Waals surface area contributed by atoms with Crippen molar-refractivity contribution in [2.24, 2.45) is 5.92 Å². The van der Waals surface area contributed by atoms with Gasteiger partial charge >= 0.3 is 0 Å². The van der Waals surface area contributed by atoms with Crippen LogP contribution in [0.4, 0.5) is 0 Å². The van der Waals surface area contributed by atoms with Crippen LogP contribution >= 0.6 is 0 Å². The molecule has 122 valence electrons. The van der Waals surface area contributed by atoms with Crippen LogP contribution in [0.5, 0.6) is 0 Å². The minimum absolute atomic E-state index is 0.526. The normalized spacial score (nSPS) is 26.1. The third-order valence-corrected chi connectivity index (χ3v) is 5.87. The van der Waals surface area contributed by atoms with Gasteiger partial charge in [0.2, 0.25) is 0 Å². The van der Waals surface area contributed by atoms with Crippen molar-refractivity contribution in [2.45, 2.75) is 44.2 Å². The molecular weight excluding hydrogens is 294 g/mol. The molecule has 2 bridgehead atoms. The zero-order valence-electron chi connectivity index (χ0n) is 13.9. The number of nitrogens with one attached hydrogen (secondary N) is 1. The monoisotopic (exact) mass is 317 g/mol. The van der Waals surface area contributed by atoms with Gasteiger partial charge < -0.3 is 9.73 Å². The summed E-state index contributed by atoms with van der Waals surface area (Å²) in [4.78, 5) is 0. The van der Waals surface area contributed by atoms with E-state index >= 15 is 0 Å². The van der Waals surface area contributed by atoms with Crippen molar-refractivity contribution in [1.29, 1.82) is 0 Å². The van der Waals surface area contributed by atoms with E-state index in [1.165, 1.54) is 31.1 Å². The smallest absolute Gasteiger partial charge is 0.134 e. The zero-order valence-corrected chi connectivity index (χ0v) is 13.9. The van der Waals surface area contributed by atoms with Gasteiger partial charge in [0, 0.05) is 23.9 Å². The topological polar surface area (TPSA) is 25.2 Å².